The van der Waals surface area contributed by atoms with Crippen LogP contribution < -0.4 is 0 Å². The molecule has 6 rings (SSSR count). The van der Waals surface area contributed by atoms with Crippen molar-refractivity contribution < 1.29 is 14.5 Å². The summed E-state index contributed by atoms with van der Waals surface area (Å²) in [6, 6.07) is 6.12. The lowest BCUT2D eigenvalue weighted by atomic mass is 9.63. The van der Waals surface area contributed by atoms with Gasteiger partial charge in [-0.05, 0) is 36.2 Å². The maximum absolute atomic E-state index is 12.8. The van der Waals surface area contributed by atoms with E-state index in [1.165, 1.54) is 12.3 Å². The van der Waals surface area contributed by atoms with Gasteiger partial charge >= 0.3 is 0 Å². The Labute approximate surface area is 143 Å². The second kappa shape index (κ2) is 4.84. The number of nitro benzene ring substituents is 1. The lowest BCUT2D eigenvalue weighted by Crippen LogP contribution is -2.40. The van der Waals surface area contributed by atoms with Gasteiger partial charge in [0.15, 0.2) is 0 Å². The Hall–Kier alpha value is -2.83. The van der Waals surface area contributed by atoms with Gasteiger partial charge in [-0.3, -0.25) is 19.7 Å². The van der Waals surface area contributed by atoms with Crippen LogP contribution in [0.3, 0.4) is 0 Å². The van der Waals surface area contributed by atoms with Crippen molar-refractivity contribution in [2.24, 2.45) is 40.6 Å². The Balaban J connectivity index is 1.46. The van der Waals surface area contributed by atoms with Crippen LogP contribution in [0.5, 0.6) is 0 Å². The fraction of sp³-hybridized carbons (Fsp3) is 0.389. The van der Waals surface area contributed by atoms with Crippen LogP contribution in [-0.2, 0) is 9.59 Å². The highest BCUT2D eigenvalue weighted by Gasteiger charge is 2.67. The van der Waals surface area contributed by atoms with Crippen LogP contribution in [0.4, 0.5) is 5.69 Å². The van der Waals surface area contributed by atoms with Gasteiger partial charge in [0.25, 0.3) is 17.5 Å². The third kappa shape index (κ3) is 1.89. The van der Waals surface area contributed by atoms with Crippen molar-refractivity contribution in [3.63, 3.8) is 0 Å². The molecule has 126 valence electrons. The SMILES string of the molecule is O=C1[C@@H]2[C@@H]3C=C[C@H]([C@H]4C[C@H]34)[C@@H]2C(=O)N1/N=C\c1ccccc1[N+](=O)[O-]. The quantitative estimate of drug-likeness (QED) is 0.277. The molecule has 0 aromatic heterocycles. The van der Waals surface area contributed by atoms with Crippen LogP contribution in [0.2, 0.25) is 0 Å². The molecule has 0 radical (unpaired) electrons. The van der Waals surface area contributed by atoms with E-state index in [9.17, 15) is 19.7 Å². The predicted molar refractivity (Wildman–Crippen MR) is 87.2 cm³/mol. The summed E-state index contributed by atoms with van der Waals surface area (Å²) in [4.78, 5) is 36.1. The Morgan fingerprint density at radius 3 is 2.28 bits per heavy atom. The second-order valence-electron chi connectivity index (χ2n) is 7.20. The van der Waals surface area contributed by atoms with Crippen molar-refractivity contribution in [2.45, 2.75) is 6.42 Å². The van der Waals surface area contributed by atoms with Gasteiger partial charge < -0.3 is 0 Å². The zero-order valence-corrected chi connectivity index (χ0v) is 13.2. The van der Waals surface area contributed by atoms with Crippen molar-refractivity contribution in [1.82, 2.24) is 5.01 Å². The fourth-order valence-corrected chi connectivity index (χ4v) is 4.94. The van der Waals surface area contributed by atoms with Crippen molar-refractivity contribution in [2.75, 3.05) is 0 Å². The van der Waals surface area contributed by atoms with E-state index >= 15 is 0 Å². The van der Waals surface area contributed by atoms with Crippen LogP contribution >= 0.6 is 0 Å². The van der Waals surface area contributed by atoms with E-state index in [0.717, 1.165) is 11.4 Å². The minimum Gasteiger partial charge on any atom is -0.272 e. The van der Waals surface area contributed by atoms with Crippen LogP contribution in [0.15, 0.2) is 41.5 Å². The standard InChI is InChI=1S/C18H15N3O4/c22-17-15-10-5-6-11(13-7-12(10)13)16(15)18(23)20(17)19-8-9-3-1-2-4-14(9)21(24)25/h1-6,8,10-13,15-16H,7H2/b19-8-/t10-,11-,12-,13-,15-,16+/m1/s1. The molecule has 1 aliphatic heterocycles. The Bertz CT molecular complexity index is 841. The van der Waals surface area contributed by atoms with E-state index < -0.39 is 4.92 Å². The van der Waals surface area contributed by atoms with Gasteiger partial charge in [0.05, 0.1) is 28.5 Å². The number of hydrazone groups is 1. The molecular weight excluding hydrogens is 322 g/mol. The van der Waals surface area contributed by atoms with Crippen molar-refractivity contribution >= 4 is 23.7 Å². The molecule has 0 N–H and O–H groups in total. The minimum absolute atomic E-state index is 0.106. The summed E-state index contributed by atoms with van der Waals surface area (Å²) in [5.41, 5.74) is 0.164. The van der Waals surface area contributed by atoms with Gasteiger partial charge in [-0.2, -0.15) is 10.1 Å². The first-order chi connectivity index (χ1) is 12.1. The van der Waals surface area contributed by atoms with Crippen molar-refractivity contribution in [1.29, 1.82) is 0 Å². The van der Waals surface area contributed by atoms with E-state index in [1.807, 2.05) is 0 Å². The smallest absolute Gasteiger partial charge is 0.272 e. The molecule has 0 unspecified atom stereocenters. The zero-order chi connectivity index (χ0) is 17.3. The first kappa shape index (κ1) is 14.5. The monoisotopic (exact) mass is 337 g/mol. The van der Waals surface area contributed by atoms with Crippen LogP contribution in [0, 0.1) is 45.6 Å². The van der Waals surface area contributed by atoms with Gasteiger partial charge in [-0.15, -0.1) is 0 Å². The van der Waals surface area contributed by atoms with E-state index in [4.69, 9.17) is 0 Å². The number of nitrogens with zero attached hydrogens (tertiary/aromatic N) is 3. The summed E-state index contributed by atoms with van der Waals surface area (Å²) in [7, 11) is 0. The molecule has 3 fully saturated rings. The molecular formula is C18H15N3O4. The number of hydrogen-bond acceptors (Lipinski definition) is 5. The lowest BCUT2D eigenvalue weighted by Gasteiger charge is -2.37. The highest BCUT2D eigenvalue weighted by molar-refractivity contribution is 6.06. The number of carbonyl (C=O) groups is 2. The molecule has 1 heterocycles. The third-order valence-corrected chi connectivity index (χ3v) is 6.09. The fourth-order valence-electron chi connectivity index (χ4n) is 4.94. The molecule has 1 aromatic carbocycles. The number of allylic oxidation sites excluding steroid dienone is 2. The first-order valence-electron chi connectivity index (χ1n) is 8.41. The largest absolute Gasteiger partial charge is 0.278 e. The molecule has 1 saturated heterocycles. The number of nitro groups is 1. The molecule has 2 bridgehead atoms. The maximum Gasteiger partial charge on any atom is 0.278 e. The number of rotatable bonds is 3. The van der Waals surface area contributed by atoms with Crippen LogP contribution in [0.1, 0.15) is 12.0 Å². The summed E-state index contributed by atoms with van der Waals surface area (Å²) in [5.74, 6) is 0.192. The van der Waals surface area contributed by atoms with E-state index in [0.29, 0.717) is 11.8 Å². The van der Waals surface area contributed by atoms with Gasteiger partial charge in [0.2, 0.25) is 0 Å². The minimum atomic E-state index is -0.508. The van der Waals surface area contributed by atoms with E-state index in [-0.39, 0.29) is 46.7 Å². The zero-order valence-electron chi connectivity index (χ0n) is 13.2. The molecule has 7 heteroatoms. The average Bonchev–Trinajstić information content (AvgIpc) is 3.39. The number of imide groups is 1. The lowest BCUT2D eigenvalue weighted by molar-refractivity contribution is -0.385. The van der Waals surface area contributed by atoms with Crippen molar-refractivity contribution in [3.8, 4) is 0 Å². The summed E-state index contributed by atoms with van der Waals surface area (Å²) < 4.78 is 0. The van der Waals surface area contributed by atoms with Gasteiger partial charge in [0.1, 0.15) is 0 Å². The molecule has 2 amide bonds. The number of carbonyl (C=O) groups excluding carboxylic acids is 2. The molecule has 4 aliphatic carbocycles. The Kier molecular flexibility index (Phi) is 2.81. The number of para-hydroxylation sites is 1. The van der Waals surface area contributed by atoms with E-state index in [2.05, 4.69) is 17.3 Å². The summed E-state index contributed by atoms with van der Waals surface area (Å²) >= 11 is 0. The maximum atomic E-state index is 12.8. The summed E-state index contributed by atoms with van der Waals surface area (Å²) in [6.45, 7) is 0. The van der Waals surface area contributed by atoms with Crippen LogP contribution in [0.25, 0.3) is 0 Å². The topological polar surface area (TPSA) is 92.9 Å². The Morgan fingerprint density at radius 1 is 1.08 bits per heavy atom. The Morgan fingerprint density at radius 2 is 1.68 bits per heavy atom. The molecule has 5 aliphatic rings. The van der Waals surface area contributed by atoms with E-state index in [1.54, 1.807) is 18.2 Å². The van der Waals surface area contributed by atoms with Gasteiger partial charge in [-0.25, -0.2) is 0 Å². The molecule has 1 aromatic rings. The molecule has 0 spiro atoms. The van der Waals surface area contributed by atoms with Crippen molar-refractivity contribution in [3.05, 3.63) is 52.1 Å². The predicted octanol–water partition coefficient (Wildman–Crippen LogP) is 1.98. The van der Waals surface area contributed by atoms with Gasteiger partial charge in [0, 0.05) is 6.07 Å². The normalized spacial score (nSPS) is 37.5. The third-order valence-electron chi connectivity index (χ3n) is 6.09. The number of hydrogen-bond donors (Lipinski definition) is 0. The number of amides is 2. The first-order valence-corrected chi connectivity index (χ1v) is 8.41. The highest BCUT2D eigenvalue weighted by atomic mass is 16.6. The highest BCUT2D eigenvalue weighted by Crippen LogP contribution is 2.65. The average molecular weight is 337 g/mol. The molecule has 25 heavy (non-hydrogen) atoms. The number of benzene rings is 1. The molecule has 7 nitrogen and oxygen atoms in total. The molecule has 2 saturated carbocycles. The second-order valence-corrected chi connectivity index (χ2v) is 7.20. The molecule has 6 atom stereocenters. The summed E-state index contributed by atoms with van der Waals surface area (Å²) in [6.07, 6.45) is 6.54. The van der Waals surface area contributed by atoms with Crippen LogP contribution in [-0.4, -0.2) is 28.0 Å². The summed E-state index contributed by atoms with van der Waals surface area (Å²) in [5, 5.41) is 16.0. The van der Waals surface area contributed by atoms with Gasteiger partial charge in [-0.1, -0.05) is 24.3 Å².